The molecular weight excluding hydrogens is 355 g/mol. The fraction of sp³-hybridized carbons (Fsp3) is 0.263. The Morgan fingerprint density at radius 1 is 1.22 bits per heavy atom. The minimum absolute atomic E-state index is 0.0848. The first-order valence-electron chi connectivity index (χ1n) is 8.27. The summed E-state index contributed by atoms with van der Waals surface area (Å²) in [4.78, 5) is 27.4. The number of hydrogen-bond acceptors (Lipinski definition) is 7. The quantitative estimate of drug-likeness (QED) is 0.461. The maximum atomic E-state index is 12.9. The highest BCUT2D eigenvalue weighted by Crippen LogP contribution is 2.18. The van der Waals surface area contributed by atoms with Gasteiger partial charge in [0.25, 0.3) is 5.89 Å². The van der Waals surface area contributed by atoms with E-state index in [4.69, 9.17) is 13.7 Å². The van der Waals surface area contributed by atoms with E-state index in [0.29, 0.717) is 29.1 Å². The Kier molecular flexibility index (Phi) is 5.44. The smallest absolute Gasteiger partial charge is 0.306 e. The van der Waals surface area contributed by atoms with Gasteiger partial charge in [-0.1, -0.05) is 5.16 Å². The Balaban J connectivity index is 1.50. The number of benzene rings is 1. The van der Waals surface area contributed by atoms with Gasteiger partial charge in [0, 0.05) is 12.0 Å². The number of ketones is 1. The number of ether oxygens (including phenoxy) is 1. The SMILES string of the molecule is CC(=O)c1cc(CCC(=O)OCc2nc(-c3ccc(F)cc3)no2)oc1C. The zero-order chi connectivity index (χ0) is 19.4. The number of nitrogens with zero attached hydrogens (tertiary/aromatic N) is 2. The number of Topliss-reactive ketones (excluding diaryl/α,β-unsaturated/α-hetero) is 1. The van der Waals surface area contributed by atoms with E-state index in [-0.39, 0.29) is 36.3 Å². The summed E-state index contributed by atoms with van der Waals surface area (Å²) in [5.41, 5.74) is 1.10. The summed E-state index contributed by atoms with van der Waals surface area (Å²) in [5.74, 6) is 0.585. The largest absolute Gasteiger partial charge is 0.466 e. The second-order valence-electron chi connectivity index (χ2n) is 5.92. The number of carbonyl (C=O) groups excluding carboxylic acids is 2. The molecule has 3 aromatic rings. The average Bonchev–Trinajstić information content (AvgIpc) is 3.25. The summed E-state index contributed by atoms with van der Waals surface area (Å²) in [6.45, 7) is 3.00. The average molecular weight is 372 g/mol. The molecule has 0 atom stereocenters. The molecule has 0 aliphatic rings. The Labute approximate surface area is 154 Å². The molecule has 0 aliphatic carbocycles. The molecule has 2 heterocycles. The van der Waals surface area contributed by atoms with Crippen LogP contribution in [0.25, 0.3) is 11.4 Å². The molecule has 0 aliphatic heterocycles. The number of aryl methyl sites for hydroxylation is 2. The molecule has 0 unspecified atom stereocenters. The Hall–Kier alpha value is -3.29. The van der Waals surface area contributed by atoms with Crippen LogP contribution in [-0.4, -0.2) is 21.9 Å². The van der Waals surface area contributed by atoms with Gasteiger partial charge in [-0.15, -0.1) is 0 Å². The third-order valence-electron chi connectivity index (χ3n) is 3.85. The van der Waals surface area contributed by atoms with Crippen molar-refractivity contribution in [2.75, 3.05) is 0 Å². The molecule has 0 amide bonds. The lowest BCUT2D eigenvalue weighted by Crippen LogP contribution is -2.06. The molecule has 1 aromatic carbocycles. The predicted molar refractivity (Wildman–Crippen MR) is 91.3 cm³/mol. The van der Waals surface area contributed by atoms with Crippen molar-refractivity contribution in [3.8, 4) is 11.4 Å². The topological polar surface area (TPSA) is 95.4 Å². The molecule has 3 rings (SSSR count). The highest BCUT2D eigenvalue weighted by molar-refractivity contribution is 5.95. The molecule has 27 heavy (non-hydrogen) atoms. The molecule has 0 spiro atoms. The van der Waals surface area contributed by atoms with E-state index in [9.17, 15) is 14.0 Å². The van der Waals surface area contributed by atoms with Crippen molar-refractivity contribution in [3.63, 3.8) is 0 Å². The Bertz CT molecular complexity index is 959. The summed E-state index contributed by atoms with van der Waals surface area (Å²) < 4.78 is 28.5. The maximum Gasteiger partial charge on any atom is 0.306 e. The van der Waals surface area contributed by atoms with Gasteiger partial charge in [0.1, 0.15) is 17.3 Å². The van der Waals surface area contributed by atoms with E-state index >= 15 is 0 Å². The number of hydrogen-bond donors (Lipinski definition) is 0. The third kappa shape index (κ3) is 4.66. The molecule has 0 fully saturated rings. The first-order valence-corrected chi connectivity index (χ1v) is 8.27. The van der Waals surface area contributed by atoms with Crippen LogP contribution in [0.5, 0.6) is 0 Å². The second kappa shape index (κ2) is 7.94. The van der Waals surface area contributed by atoms with Crippen molar-refractivity contribution in [1.82, 2.24) is 10.1 Å². The van der Waals surface area contributed by atoms with Gasteiger partial charge >= 0.3 is 5.97 Å². The van der Waals surface area contributed by atoms with E-state index in [1.807, 2.05) is 0 Å². The van der Waals surface area contributed by atoms with Crippen LogP contribution in [0, 0.1) is 12.7 Å². The predicted octanol–water partition coefficient (Wildman–Crippen LogP) is 3.66. The van der Waals surface area contributed by atoms with Crippen molar-refractivity contribution in [2.45, 2.75) is 33.3 Å². The van der Waals surface area contributed by atoms with Gasteiger partial charge in [-0.3, -0.25) is 9.59 Å². The molecule has 0 bridgehead atoms. The molecule has 0 saturated carbocycles. The fourth-order valence-corrected chi connectivity index (χ4v) is 2.49. The maximum absolute atomic E-state index is 12.9. The van der Waals surface area contributed by atoms with Crippen molar-refractivity contribution in [1.29, 1.82) is 0 Å². The number of furan rings is 1. The summed E-state index contributed by atoms with van der Waals surface area (Å²) in [6, 6.07) is 7.27. The third-order valence-corrected chi connectivity index (χ3v) is 3.85. The van der Waals surface area contributed by atoms with E-state index in [2.05, 4.69) is 10.1 Å². The standard InChI is InChI=1S/C19H17FN2O5/c1-11(23)16-9-15(26-12(16)2)7-8-18(24)25-10-17-21-19(22-27-17)13-3-5-14(20)6-4-13/h3-6,9H,7-8,10H2,1-2H3. The minimum atomic E-state index is -0.463. The van der Waals surface area contributed by atoms with Gasteiger partial charge in [0.2, 0.25) is 5.82 Å². The first-order chi connectivity index (χ1) is 12.9. The van der Waals surface area contributed by atoms with E-state index in [0.717, 1.165) is 0 Å². The number of halogens is 1. The van der Waals surface area contributed by atoms with Crippen molar-refractivity contribution in [2.24, 2.45) is 0 Å². The van der Waals surface area contributed by atoms with Crippen LogP contribution >= 0.6 is 0 Å². The van der Waals surface area contributed by atoms with Crippen LogP contribution in [0.2, 0.25) is 0 Å². The summed E-state index contributed by atoms with van der Waals surface area (Å²) in [7, 11) is 0. The summed E-state index contributed by atoms with van der Waals surface area (Å²) in [5, 5.41) is 3.77. The van der Waals surface area contributed by atoms with E-state index in [1.54, 1.807) is 13.0 Å². The molecular formula is C19H17FN2O5. The Morgan fingerprint density at radius 3 is 2.63 bits per heavy atom. The van der Waals surface area contributed by atoms with Gasteiger partial charge < -0.3 is 13.7 Å². The molecule has 0 N–H and O–H groups in total. The van der Waals surface area contributed by atoms with Crippen LogP contribution in [0.15, 0.2) is 39.3 Å². The van der Waals surface area contributed by atoms with Gasteiger partial charge in [0.15, 0.2) is 12.4 Å². The monoisotopic (exact) mass is 372 g/mol. The number of esters is 1. The minimum Gasteiger partial charge on any atom is -0.466 e. The van der Waals surface area contributed by atoms with Gasteiger partial charge in [0.05, 0.1) is 12.0 Å². The zero-order valence-corrected chi connectivity index (χ0v) is 14.8. The van der Waals surface area contributed by atoms with Crippen molar-refractivity contribution >= 4 is 11.8 Å². The molecule has 0 radical (unpaired) electrons. The van der Waals surface area contributed by atoms with E-state index < -0.39 is 5.97 Å². The summed E-state index contributed by atoms with van der Waals surface area (Å²) in [6.07, 6.45) is 0.404. The fourth-order valence-electron chi connectivity index (χ4n) is 2.49. The highest BCUT2D eigenvalue weighted by atomic mass is 19.1. The zero-order valence-electron chi connectivity index (χ0n) is 14.8. The van der Waals surface area contributed by atoms with Crippen LogP contribution in [-0.2, 0) is 22.6 Å². The van der Waals surface area contributed by atoms with Crippen LogP contribution < -0.4 is 0 Å². The van der Waals surface area contributed by atoms with Crippen LogP contribution in [0.3, 0.4) is 0 Å². The molecule has 140 valence electrons. The lowest BCUT2D eigenvalue weighted by atomic mass is 10.1. The van der Waals surface area contributed by atoms with E-state index in [1.165, 1.54) is 31.2 Å². The number of carbonyl (C=O) groups is 2. The van der Waals surface area contributed by atoms with Gasteiger partial charge in [-0.25, -0.2) is 4.39 Å². The van der Waals surface area contributed by atoms with Gasteiger partial charge in [-0.2, -0.15) is 4.98 Å². The second-order valence-corrected chi connectivity index (χ2v) is 5.92. The molecule has 0 saturated heterocycles. The van der Waals surface area contributed by atoms with Crippen molar-refractivity contribution in [3.05, 3.63) is 59.1 Å². The highest BCUT2D eigenvalue weighted by Gasteiger charge is 2.14. The molecule has 2 aromatic heterocycles. The van der Waals surface area contributed by atoms with Crippen molar-refractivity contribution < 1.29 is 27.7 Å². The Morgan fingerprint density at radius 2 is 1.96 bits per heavy atom. The lowest BCUT2D eigenvalue weighted by molar-refractivity contribution is -0.145. The first kappa shape index (κ1) is 18.5. The molecule has 8 heteroatoms. The van der Waals surface area contributed by atoms with Crippen LogP contribution in [0.1, 0.15) is 41.1 Å². The normalized spacial score (nSPS) is 10.8. The number of aromatic nitrogens is 2. The van der Waals surface area contributed by atoms with Gasteiger partial charge in [-0.05, 0) is 44.2 Å². The van der Waals surface area contributed by atoms with Crippen LogP contribution in [0.4, 0.5) is 4.39 Å². The lowest BCUT2D eigenvalue weighted by Gasteiger charge is -2.00. The number of rotatable bonds is 7. The summed E-state index contributed by atoms with van der Waals surface area (Å²) >= 11 is 0. The molecule has 7 nitrogen and oxygen atoms in total.